The van der Waals surface area contributed by atoms with Crippen LogP contribution in [0.15, 0.2) is 60.9 Å². The zero-order valence-electron chi connectivity index (χ0n) is 13.4. The Kier molecular flexibility index (Phi) is 4.06. The first kappa shape index (κ1) is 16.2. The molecule has 128 valence electrons. The minimum Gasteiger partial charge on any atom is -0.397 e. The first-order valence-electron chi connectivity index (χ1n) is 7.78. The molecule has 0 radical (unpaired) electrons. The molecular weight excluding hydrogens is 351 g/mol. The van der Waals surface area contributed by atoms with Crippen LogP contribution in [0, 0.1) is 5.82 Å². The van der Waals surface area contributed by atoms with Crippen LogP contribution in [0.3, 0.4) is 0 Å². The number of nitrogens with zero attached hydrogens (tertiary/aromatic N) is 2. The van der Waals surface area contributed by atoms with Crippen molar-refractivity contribution < 1.29 is 9.18 Å². The van der Waals surface area contributed by atoms with Crippen molar-refractivity contribution in [1.29, 1.82) is 0 Å². The van der Waals surface area contributed by atoms with Crippen LogP contribution in [0.2, 0.25) is 0 Å². The first-order valence-corrected chi connectivity index (χ1v) is 8.60. The van der Waals surface area contributed by atoms with E-state index < -0.39 is 0 Å². The number of halogens is 1. The molecule has 4 rings (SSSR count). The monoisotopic (exact) mass is 364 g/mol. The lowest BCUT2D eigenvalue weighted by Gasteiger charge is -2.04. The Balaban J connectivity index is 1.68. The van der Waals surface area contributed by atoms with E-state index in [1.165, 1.54) is 35.6 Å². The van der Waals surface area contributed by atoms with Crippen LogP contribution in [-0.4, -0.2) is 15.9 Å². The number of amides is 1. The Morgan fingerprint density at radius 2 is 1.92 bits per heavy atom. The zero-order chi connectivity index (χ0) is 18.1. The predicted molar refractivity (Wildman–Crippen MR) is 102 cm³/mol. The van der Waals surface area contributed by atoms with E-state index in [1.807, 2.05) is 24.3 Å². The predicted octanol–water partition coefficient (Wildman–Crippen LogP) is 4.33. The number of pyridine rings is 2. The van der Waals surface area contributed by atoms with Crippen LogP contribution < -0.4 is 11.1 Å². The highest BCUT2D eigenvalue weighted by Crippen LogP contribution is 2.34. The standard InChI is InChI=1S/C19H13FN4OS/c20-12-3-5-13(6-4-12)23-18(25)17-16(21)14-7-8-15(24-19(14)26-17)11-2-1-9-22-10-11/h1-10H,21H2,(H,23,25). The van der Waals surface area contributed by atoms with Crippen molar-refractivity contribution >= 4 is 38.8 Å². The molecule has 3 N–H and O–H groups in total. The number of benzene rings is 1. The van der Waals surface area contributed by atoms with Crippen molar-refractivity contribution in [3.63, 3.8) is 0 Å². The molecule has 1 aromatic carbocycles. The third-order valence-electron chi connectivity index (χ3n) is 3.86. The van der Waals surface area contributed by atoms with Crippen molar-refractivity contribution in [2.75, 3.05) is 11.1 Å². The Hall–Kier alpha value is -3.32. The molecule has 0 fully saturated rings. The van der Waals surface area contributed by atoms with Crippen LogP contribution in [0.4, 0.5) is 15.8 Å². The SMILES string of the molecule is Nc1c(C(=O)Nc2ccc(F)cc2)sc2nc(-c3cccnc3)ccc12. The summed E-state index contributed by atoms with van der Waals surface area (Å²) in [5.74, 6) is -0.712. The van der Waals surface area contributed by atoms with Gasteiger partial charge in [-0.3, -0.25) is 9.78 Å². The highest BCUT2D eigenvalue weighted by atomic mass is 32.1. The van der Waals surface area contributed by atoms with E-state index in [-0.39, 0.29) is 11.7 Å². The quantitative estimate of drug-likeness (QED) is 0.567. The van der Waals surface area contributed by atoms with Crippen molar-refractivity contribution in [2.45, 2.75) is 0 Å². The van der Waals surface area contributed by atoms with Crippen molar-refractivity contribution in [1.82, 2.24) is 9.97 Å². The maximum atomic E-state index is 13.0. The molecule has 3 aromatic heterocycles. The molecular formula is C19H13FN4OS. The number of nitrogens with one attached hydrogen (secondary N) is 1. The molecule has 0 aliphatic carbocycles. The largest absolute Gasteiger partial charge is 0.397 e. The van der Waals surface area contributed by atoms with E-state index in [0.717, 1.165) is 16.6 Å². The Morgan fingerprint density at radius 1 is 1.12 bits per heavy atom. The zero-order valence-corrected chi connectivity index (χ0v) is 14.3. The molecule has 0 atom stereocenters. The number of nitrogen functional groups attached to an aromatic ring is 1. The van der Waals surface area contributed by atoms with Gasteiger partial charge in [-0.05, 0) is 48.5 Å². The molecule has 1 amide bonds. The van der Waals surface area contributed by atoms with Crippen LogP contribution in [-0.2, 0) is 0 Å². The fraction of sp³-hybridized carbons (Fsp3) is 0. The van der Waals surface area contributed by atoms with Gasteiger partial charge in [0, 0.05) is 29.0 Å². The molecule has 26 heavy (non-hydrogen) atoms. The lowest BCUT2D eigenvalue weighted by molar-refractivity contribution is 0.103. The van der Waals surface area contributed by atoms with E-state index in [2.05, 4.69) is 15.3 Å². The van der Waals surface area contributed by atoms with Gasteiger partial charge in [0.1, 0.15) is 15.5 Å². The molecule has 4 aromatic rings. The fourth-order valence-electron chi connectivity index (χ4n) is 2.56. The summed E-state index contributed by atoms with van der Waals surface area (Å²) in [4.78, 5) is 22.3. The van der Waals surface area contributed by atoms with Crippen LogP contribution in [0.1, 0.15) is 9.67 Å². The first-order chi connectivity index (χ1) is 12.6. The van der Waals surface area contributed by atoms with E-state index >= 15 is 0 Å². The summed E-state index contributed by atoms with van der Waals surface area (Å²) in [7, 11) is 0. The average molecular weight is 364 g/mol. The molecule has 0 bridgehead atoms. The van der Waals surface area contributed by atoms with E-state index in [0.29, 0.717) is 21.1 Å². The van der Waals surface area contributed by atoms with Gasteiger partial charge < -0.3 is 11.1 Å². The molecule has 0 unspecified atom stereocenters. The second-order valence-corrected chi connectivity index (χ2v) is 6.60. The summed E-state index contributed by atoms with van der Waals surface area (Å²) < 4.78 is 13.0. The minimum absolute atomic E-state index is 0.347. The van der Waals surface area contributed by atoms with Gasteiger partial charge in [-0.15, -0.1) is 11.3 Å². The lowest BCUT2D eigenvalue weighted by atomic mass is 10.1. The lowest BCUT2D eigenvalue weighted by Crippen LogP contribution is -2.11. The third-order valence-corrected chi connectivity index (χ3v) is 4.97. The van der Waals surface area contributed by atoms with Gasteiger partial charge in [0.25, 0.3) is 5.91 Å². The fourth-order valence-corrected chi connectivity index (χ4v) is 3.55. The maximum Gasteiger partial charge on any atom is 0.267 e. The maximum absolute atomic E-state index is 13.0. The van der Waals surface area contributed by atoms with Gasteiger partial charge in [0.15, 0.2) is 0 Å². The van der Waals surface area contributed by atoms with E-state index in [9.17, 15) is 9.18 Å². The topological polar surface area (TPSA) is 80.9 Å². The van der Waals surface area contributed by atoms with Gasteiger partial charge >= 0.3 is 0 Å². The average Bonchev–Trinajstić information content (AvgIpc) is 3.00. The van der Waals surface area contributed by atoms with Gasteiger partial charge in [-0.25, -0.2) is 9.37 Å². The second kappa shape index (κ2) is 6.53. The summed E-state index contributed by atoms with van der Waals surface area (Å²) in [6.45, 7) is 0. The number of carbonyl (C=O) groups excluding carboxylic acids is 1. The Morgan fingerprint density at radius 3 is 2.65 bits per heavy atom. The summed E-state index contributed by atoms with van der Waals surface area (Å²) >= 11 is 1.22. The van der Waals surface area contributed by atoms with Gasteiger partial charge in [0.05, 0.1) is 11.4 Å². The number of thiophene rings is 1. The van der Waals surface area contributed by atoms with E-state index in [4.69, 9.17) is 5.73 Å². The molecule has 7 heteroatoms. The van der Waals surface area contributed by atoms with Crippen molar-refractivity contribution in [3.05, 3.63) is 71.6 Å². The van der Waals surface area contributed by atoms with Crippen molar-refractivity contribution in [3.8, 4) is 11.3 Å². The summed E-state index contributed by atoms with van der Waals surface area (Å²) in [5, 5.41) is 3.45. The number of hydrogen-bond donors (Lipinski definition) is 2. The number of aromatic nitrogens is 2. The second-order valence-electron chi connectivity index (χ2n) is 5.60. The van der Waals surface area contributed by atoms with E-state index in [1.54, 1.807) is 12.4 Å². The van der Waals surface area contributed by atoms with Crippen LogP contribution >= 0.6 is 11.3 Å². The molecule has 0 saturated carbocycles. The molecule has 0 aliphatic rings. The summed E-state index contributed by atoms with van der Waals surface area (Å²) in [6.07, 6.45) is 3.43. The third kappa shape index (κ3) is 3.00. The smallest absolute Gasteiger partial charge is 0.267 e. The Labute approximate surface area is 152 Å². The molecule has 0 spiro atoms. The highest BCUT2D eigenvalue weighted by Gasteiger charge is 2.18. The highest BCUT2D eigenvalue weighted by molar-refractivity contribution is 7.21. The Bertz CT molecular complexity index is 1090. The number of rotatable bonds is 3. The molecule has 5 nitrogen and oxygen atoms in total. The molecule has 3 heterocycles. The number of nitrogens with two attached hydrogens (primary N) is 1. The van der Waals surface area contributed by atoms with Gasteiger partial charge in [-0.1, -0.05) is 0 Å². The van der Waals surface area contributed by atoms with Gasteiger partial charge in [-0.2, -0.15) is 0 Å². The number of carbonyl (C=O) groups is 1. The van der Waals surface area contributed by atoms with Gasteiger partial charge in [0.2, 0.25) is 0 Å². The van der Waals surface area contributed by atoms with Crippen LogP contribution in [0.5, 0.6) is 0 Å². The number of hydrogen-bond acceptors (Lipinski definition) is 5. The number of fused-ring (bicyclic) bond motifs is 1. The van der Waals surface area contributed by atoms with Crippen LogP contribution in [0.25, 0.3) is 21.5 Å². The minimum atomic E-state index is -0.364. The summed E-state index contributed by atoms with van der Waals surface area (Å²) in [6, 6.07) is 13.0. The summed E-state index contributed by atoms with van der Waals surface area (Å²) in [5.41, 5.74) is 8.67. The molecule has 0 aliphatic heterocycles. The molecule has 0 saturated heterocycles. The number of anilines is 2. The van der Waals surface area contributed by atoms with Crippen molar-refractivity contribution in [2.24, 2.45) is 0 Å². The normalized spacial score (nSPS) is 10.8.